The molecule has 0 unspecified atom stereocenters. The van der Waals surface area contributed by atoms with Gasteiger partial charge in [0.25, 0.3) is 0 Å². The van der Waals surface area contributed by atoms with Crippen LogP contribution < -0.4 is 0 Å². The number of halogens is 3. The number of aromatic nitrogens is 1. The van der Waals surface area contributed by atoms with Crippen LogP contribution in [-0.2, 0) is 10.9 Å². The van der Waals surface area contributed by atoms with Gasteiger partial charge in [-0.3, -0.25) is 4.98 Å². The number of carbonyl (C=O) groups is 2. The molecule has 1 rings (SSSR count). The fourth-order valence-electron chi connectivity index (χ4n) is 1.24. The Balaban J connectivity index is 3.17. The summed E-state index contributed by atoms with van der Waals surface area (Å²) in [6.07, 6.45) is -3.72. The molecule has 5 nitrogen and oxygen atoms in total. The van der Waals surface area contributed by atoms with Gasteiger partial charge in [0.05, 0.1) is 17.7 Å². The molecular formula is C11H10F3NO4. The lowest BCUT2D eigenvalue weighted by atomic mass is 10.1. The van der Waals surface area contributed by atoms with Gasteiger partial charge in [0.15, 0.2) is 5.69 Å². The van der Waals surface area contributed by atoms with Gasteiger partial charge in [-0.2, -0.15) is 13.2 Å². The minimum Gasteiger partial charge on any atom is -0.478 e. The van der Waals surface area contributed by atoms with E-state index in [1.165, 1.54) is 0 Å². The third-order valence-electron chi connectivity index (χ3n) is 2.06. The smallest absolute Gasteiger partial charge is 0.434 e. The Bertz CT molecular complexity index is 499. The summed E-state index contributed by atoms with van der Waals surface area (Å²) in [5.74, 6) is -2.73. The average Bonchev–Trinajstić information content (AvgIpc) is 2.34. The van der Waals surface area contributed by atoms with Crippen LogP contribution in [0.25, 0.3) is 0 Å². The molecule has 1 N–H and O–H groups in total. The van der Waals surface area contributed by atoms with Crippen LogP contribution >= 0.6 is 0 Å². The van der Waals surface area contributed by atoms with Gasteiger partial charge in [-0.25, -0.2) is 9.59 Å². The summed E-state index contributed by atoms with van der Waals surface area (Å²) < 4.78 is 42.2. The van der Waals surface area contributed by atoms with E-state index in [1.54, 1.807) is 6.92 Å². The second kappa shape index (κ2) is 5.68. The number of pyridine rings is 1. The van der Waals surface area contributed by atoms with Gasteiger partial charge >= 0.3 is 18.1 Å². The summed E-state index contributed by atoms with van der Waals surface area (Å²) in [5, 5.41) is 8.72. The minimum absolute atomic E-state index is 0.0856. The molecule has 1 aromatic rings. The van der Waals surface area contributed by atoms with Gasteiger partial charge in [-0.15, -0.1) is 0 Å². The third-order valence-corrected chi connectivity index (χ3v) is 2.06. The lowest BCUT2D eigenvalue weighted by Gasteiger charge is -2.10. The largest absolute Gasteiger partial charge is 0.478 e. The molecule has 104 valence electrons. The van der Waals surface area contributed by atoms with Crippen molar-refractivity contribution in [2.24, 2.45) is 0 Å². The molecule has 0 bridgehead atoms. The molecule has 1 aromatic heterocycles. The van der Waals surface area contributed by atoms with Crippen LogP contribution in [-0.4, -0.2) is 28.6 Å². The molecule has 0 saturated carbocycles. The second-order valence-corrected chi connectivity index (χ2v) is 3.56. The van der Waals surface area contributed by atoms with Crippen LogP contribution in [0.2, 0.25) is 0 Å². The molecule has 0 spiro atoms. The van der Waals surface area contributed by atoms with Crippen molar-refractivity contribution in [2.45, 2.75) is 19.5 Å². The van der Waals surface area contributed by atoms with E-state index in [0.29, 0.717) is 18.7 Å². The average molecular weight is 277 g/mol. The quantitative estimate of drug-likeness (QED) is 0.855. The van der Waals surface area contributed by atoms with Crippen molar-refractivity contribution < 1.29 is 32.6 Å². The van der Waals surface area contributed by atoms with Gasteiger partial charge in [-0.1, -0.05) is 6.92 Å². The molecule has 1 heterocycles. The minimum atomic E-state index is -4.90. The van der Waals surface area contributed by atoms with E-state index in [9.17, 15) is 22.8 Å². The number of aromatic carboxylic acids is 1. The highest BCUT2D eigenvalue weighted by atomic mass is 19.4. The molecule has 0 fully saturated rings. The number of nitrogens with zero attached hydrogens (tertiary/aromatic N) is 1. The van der Waals surface area contributed by atoms with Crippen LogP contribution in [0.5, 0.6) is 0 Å². The Morgan fingerprint density at radius 1 is 1.42 bits per heavy atom. The zero-order chi connectivity index (χ0) is 14.6. The molecular weight excluding hydrogens is 267 g/mol. The van der Waals surface area contributed by atoms with E-state index in [-0.39, 0.29) is 12.2 Å². The first-order valence-electron chi connectivity index (χ1n) is 5.25. The Morgan fingerprint density at radius 2 is 2.05 bits per heavy atom. The second-order valence-electron chi connectivity index (χ2n) is 3.56. The summed E-state index contributed by atoms with van der Waals surface area (Å²) in [6.45, 7) is 1.82. The molecule has 8 heteroatoms. The van der Waals surface area contributed by atoms with Crippen molar-refractivity contribution in [3.63, 3.8) is 0 Å². The van der Waals surface area contributed by atoms with E-state index in [1.807, 2.05) is 0 Å². The Labute approximate surface area is 106 Å². The van der Waals surface area contributed by atoms with E-state index >= 15 is 0 Å². The van der Waals surface area contributed by atoms with Crippen LogP contribution in [0.1, 0.15) is 39.8 Å². The number of alkyl halides is 3. The highest BCUT2D eigenvalue weighted by molar-refractivity contribution is 5.95. The van der Waals surface area contributed by atoms with E-state index in [0.717, 1.165) is 0 Å². The van der Waals surface area contributed by atoms with Crippen molar-refractivity contribution in [2.75, 3.05) is 6.61 Å². The van der Waals surface area contributed by atoms with Crippen molar-refractivity contribution in [1.82, 2.24) is 4.98 Å². The maximum Gasteiger partial charge on any atom is 0.434 e. The predicted molar refractivity (Wildman–Crippen MR) is 56.8 cm³/mol. The zero-order valence-corrected chi connectivity index (χ0v) is 9.82. The lowest BCUT2D eigenvalue weighted by Crippen LogP contribution is -2.17. The predicted octanol–water partition coefficient (Wildman–Crippen LogP) is 2.37. The van der Waals surface area contributed by atoms with Crippen molar-refractivity contribution >= 4 is 11.9 Å². The van der Waals surface area contributed by atoms with E-state index < -0.39 is 29.4 Å². The standard InChI is InChI=1S/C11H10F3NO4/c1-2-3-19-10(18)6-4-7(9(16)17)8(15-5-6)11(12,13)14/h4-5H,2-3H2,1H3,(H,16,17). The Kier molecular flexibility index (Phi) is 4.47. The summed E-state index contributed by atoms with van der Waals surface area (Å²) in [4.78, 5) is 25.2. The molecule has 0 saturated heterocycles. The molecule has 19 heavy (non-hydrogen) atoms. The van der Waals surface area contributed by atoms with Crippen LogP contribution in [0.4, 0.5) is 13.2 Å². The number of hydrogen-bond acceptors (Lipinski definition) is 4. The van der Waals surface area contributed by atoms with Gasteiger partial charge < -0.3 is 9.84 Å². The highest BCUT2D eigenvalue weighted by Gasteiger charge is 2.37. The van der Waals surface area contributed by atoms with E-state index in [2.05, 4.69) is 9.72 Å². The fraction of sp³-hybridized carbons (Fsp3) is 0.364. The van der Waals surface area contributed by atoms with Gasteiger partial charge in [0.2, 0.25) is 0 Å². The Hall–Kier alpha value is -2.12. The monoisotopic (exact) mass is 277 g/mol. The van der Waals surface area contributed by atoms with Gasteiger partial charge in [0.1, 0.15) is 0 Å². The number of carboxylic acid groups (broad SMARTS) is 1. The van der Waals surface area contributed by atoms with Crippen molar-refractivity contribution in [3.8, 4) is 0 Å². The number of hydrogen-bond donors (Lipinski definition) is 1. The first-order valence-corrected chi connectivity index (χ1v) is 5.25. The van der Waals surface area contributed by atoms with Crippen LogP contribution in [0, 0.1) is 0 Å². The summed E-state index contributed by atoms with van der Waals surface area (Å²) in [5.41, 5.74) is -2.97. The number of rotatable bonds is 4. The highest BCUT2D eigenvalue weighted by Crippen LogP contribution is 2.30. The molecule has 0 amide bonds. The van der Waals surface area contributed by atoms with Gasteiger partial charge in [-0.05, 0) is 12.5 Å². The maximum atomic E-state index is 12.5. The van der Waals surface area contributed by atoms with Crippen molar-refractivity contribution in [3.05, 3.63) is 29.1 Å². The topological polar surface area (TPSA) is 76.5 Å². The number of esters is 1. The maximum absolute atomic E-state index is 12.5. The number of carbonyl (C=O) groups excluding carboxylic acids is 1. The molecule has 0 atom stereocenters. The number of carboxylic acids is 1. The first-order chi connectivity index (χ1) is 8.77. The molecule has 0 aliphatic heterocycles. The van der Waals surface area contributed by atoms with Crippen LogP contribution in [0.3, 0.4) is 0 Å². The summed E-state index contributed by atoms with van der Waals surface area (Å²) in [7, 11) is 0. The third kappa shape index (κ3) is 3.67. The molecule has 0 radical (unpaired) electrons. The summed E-state index contributed by atoms with van der Waals surface area (Å²) >= 11 is 0. The SMILES string of the molecule is CCCOC(=O)c1cnc(C(F)(F)F)c(C(=O)O)c1. The lowest BCUT2D eigenvalue weighted by molar-refractivity contribution is -0.141. The van der Waals surface area contributed by atoms with E-state index in [4.69, 9.17) is 5.11 Å². The van der Waals surface area contributed by atoms with Gasteiger partial charge in [0, 0.05) is 6.20 Å². The van der Waals surface area contributed by atoms with Crippen molar-refractivity contribution in [1.29, 1.82) is 0 Å². The normalized spacial score (nSPS) is 11.2. The molecule has 0 aromatic carbocycles. The van der Waals surface area contributed by atoms with Crippen LogP contribution in [0.15, 0.2) is 12.3 Å². The first kappa shape index (κ1) is 14.9. The summed E-state index contributed by atoms with van der Waals surface area (Å²) in [6, 6.07) is 0.607. The Morgan fingerprint density at radius 3 is 2.53 bits per heavy atom. The number of ether oxygens (including phenoxy) is 1. The molecule has 0 aliphatic carbocycles. The molecule has 0 aliphatic rings. The zero-order valence-electron chi connectivity index (χ0n) is 9.82. The fourth-order valence-corrected chi connectivity index (χ4v) is 1.24.